The van der Waals surface area contributed by atoms with Crippen LogP contribution in [0.25, 0.3) is 0 Å². The van der Waals surface area contributed by atoms with Gasteiger partial charge in [-0.05, 0) is 51.1 Å². The Hall–Kier alpha value is -3.30. The molecule has 8 atom stereocenters. The maximum Gasteiger partial charge on any atom is 0.409 e. The minimum atomic E-state index is -1.82. The number of alkyl carbamates (subject to hydrolysis) is 1. The second kappa shape index (κ2) is 15.9. The molecule has 15 heteroatoms. The number of carbonyl (C=O) groups is 4. The highest BCUT2D eigenvalue weighted by Gasteiger charge is 2.64. The molecule has 1 aromatic carbocycles. The fourth-order valence-electron chi connectivity index (χ4n) is 6.44. The number of fused-ring (bicyclic) bond motifs is 5. The lowest BCUT2D eigenvalue weighted by Gasteiger charge is -2.42. The maximum absolute atomic E-state index is 14.0. The topological polar surface area (TPSA) is 156 Å². The molecule has 276 valence electrons. The number of aliphatic hydroxyl groups is 1. The number of benzene rings is 1. The van der Waals surface area contributed by atoms with Crippen LogP contribution in [-0.2, 0) is 39.8 Å². The first-order valence-electron chi connectivity index (χ1n) is 16.3. The first-order valence-corrected chi connectivity index (χ1v) is 18.1. The lowest BCUT2D eigenvalue weighted by molar-refractivity contribution is -0.161. The van der Waals surface area contributed by atoms with E-state index in [9.17, 15) is 24.3 Å². The highest BCUT2D eigenvalue weighted by atomic mass is 35.5. The van der Waals surface area contributed by atoms with Gasteiger partial charge in [-0.2, -0.15) is 11.8 Å². The van der Waals surface area contributed by atoms with Crippen molar-refractivity contribution >= 4 is 52.9 Å². The Kier molecular flexibility index (Phi) is 12.6. The molecule has 1 aromatic rings. The number of nitrogens with zero attached hydrogens (tertiary/aromatic N) is 2. The van der Waals surface area contributed by atoms with Crippen molar-refractivity contribution in [3.05, 3.63) is 46.5 Å². The first kappa shape index (κ1) is 39.5. The largest absolute Gasteiger partial charge is 0.495 e. The third-order valence-electron chi connectivity index (χ3n) is 9.79. The quantitative estimate of drug-likeness (QED) is 0.309. The van der Waals surface area contributed by atoms with Crippen molar-refractivity contribution < 1.29 is 48.0 Å². The molecule has 0 aliphatic carbocycles. The number of ether oxygens (including phenoxy) is 5. The van der Waals surface area contributed by atoms with Crippen LogP contribution in [-0.4, -0.2) is 116 Å². The van der Waals surface area contributed by atoms with E-state index in [0.717, 1.165) is 11.1 Å². The highest BCUT2D eigenvalue weighted by Crippen LogP contribution is 2.49. The van der Waals surface area contributed by atoms with Gasteiger partial charge in [0.25, 0.3) is 0 Å². The Labute approximate surface area is 302 Å². The van der Waals surface area contributed by atoms with Gasteiger partial charge in [-0.1, -0.05) is 42.3 Å². The average Bonchev–Trinajstić information content (AvgIpc) is 3.76. The Morgan fingerprint density at radius 2 is 1.98 bits per heavy atom. The van der Waals surface area contributed by atoms with Crippen LogP contribution in [0.5, 0.6) is 5.75 Å². The molecule has 4 bridgehead atoms. The van der Waals surface area contributed by atoms with Crippen molar-refractivity contribution in [1.29, 1.82) is 0 Å². The minimum absolute atomic E-state index is 0.0446. The molecular weight excluding hydrogens is 690 g/mol. The number of methoxy groups -OCH3 is 2. The molecule has 50 heavy (non-hydrogen) atoms. The Balaban J connectivity index is 1.78. The predicted molar refractivity (Wildman–Crippen MR) is 189 cm³/mol. The van der Waals surface area contributed by atoms with E-state index >= 15 is 0 Å². The molecule has 2 N–H and O–H groups in total. The summed E-state index contributed by atoms with van der Waals surface area (Å²) in [6.45, 7) is 6.99. The molecule has 0 radical (unpaired) electrons. The fourth-order valence-corrected chi connectivity index (χ4v) is 7.21. The molecular formula is C35H48ClN3O10S. The lowest BCUT2D eigenvalue weighted by atomic mass is 9.83. The van der Waals surface area contributed by atoms with Gasteiger partial charge in [0.05, 0.1) is 31.1 Å². The zero-order valence-electron chi connectivity index (χ0n) is 30.0. The number of halogens is 1. The number of hydrogen-bond donors (Lipinski definition) is 2. The number of anilines is 1. The van der Waals surface area contributed by atoms with E-state index in [4.69, 9.17) is 35.3 Å². The second-order valence-corrected chi connectivity index (χ2v) is 14.6. The Morgan fingerprint density at radius 1 is 1.28 bits per heavy atom. The van der Waals surface area contributed by atoms with Gasteiger partial charge in [0.15, 0.2) is 5.72 Å². The van der Waals surface area contributed by atoms with Crippen LogP contribution in [0, 0.1) is 5.92 Å². The van der Waals surface area contributed by atoms with E-state index in [-0.39, 0.29) is 29.5 Å². The van der Waals surface area contributed by atoms with Gasteiger partial charge in [-0.3, -0.25) is 14.9 Å². The third kappa shape index (κ3) is 8.42. The standard InChI is InChI=1S/C35H48ClN3O10S/c1-19-11-10-12-26(46-8)35(44)17-25(47-33(43)37-35)20(2)31-34(4,49-31)27(48-32(42)21(3)38(5)29(41)18-50-9)16-28(40)39(6)23-14-22(13-19)15-24(45-7)30(23)36/h10-12,14-15,20-21,25-27,31,44H,13,16-18H2,1-9H3,(H,37,43)/b12-10+,19-11+/t20-,21+,25+,26-,27+,31+,34+,35+/m1/s1. The number of likely N-dealkylation sites (N-methyl/N-ethyl adjacent to an activating group) is 1. The van der Waals surface area contributed by atoms with Gasteiger partial charge in [-0.25, -0.2) is 9.59 Å². The summed E-state index contributed by atoms with van der Waals surface area (Å²) < 4.78 is 29.1. The van der Waals surface area contributed by atoms with Crippen LogP contribution in [0.4, 0.5) is 10.5 Å². The number of epoxide rings is 1. The summed E-state index contributed by atoms with van der Waals surface area (Å²) in [5, 5.41) is 14.4. The molecule has 0 saturated carbocycles. The SMILES string of the molecule is COc1cc2cc(c1Cl)N(C)C(=O)C[C@H](OC(=O)[C@H](C)N(C)C(=O)CSC)[C@]1(C)O[C@H]1[C@H](C)[C@@H]1C[C@@](O)(NC(=O)O1)[C@H](OC)/C=C/C=C(\C)C2. The Bertz CT molecular complexity index is 1540. The molecule has 4 rings (SSSR count). The van der Waals surface area contributed by atoms with Gasteiger partial charge in [0.1, 0.15) is 40.7 Å². The van der Waals surface area contributed by atoms with Crippen molar-refractivity contribution in [3.8, 4) is 5.75 Å². The van der Waals surface area contributed by atoms with E-state index in [1.165, 1.54) is 42.8 Å². The van der Waals surface area contributed by atoms with Crippen LogP contribution < -0.4 is 15.0 Å². The predicted octanol–water partition coefficient (Wildman–Crippen LogP) is 3.88. The molecule has 3 aliphatic rings. The van der Waals surface area contributed by atoms with Crippen molar-refractivity contribution in [1.82, 2.24) is 10.2 Å². The smallest absolute Gasteiger partial charge is 0.409 e. The van der Waals surface area contributed by atoms with Crippen LogP contribution in [0.15, 0.2) is 35.9 Å². The van der Waals surface area contributed by atoms with Gasteiger partial charge >= 0.3 is 12.1 Å². The number of amides is 3. The van der Waals surface area contributed by atoms with Crippen LogP contribution in [0.1, 0.15) is 46.1 Å². The van der Waals surface area contributed by atoms with Gasteiger partial charge < -0.3 is 38.6 Å². The number of hydrogen-bond acceptors (Lipinski definition) is 11. The molecule has 3 heterocycles. The average molecular weight is 738 g/mol. The normalized spacial score (nSPS) is 32.3. The number of esters is 1. The number of thioether (sulfide) groups is 1. The summed E-state index contributed by atoms with van der Waals surface area (Å²) in [5.41, 5.74) is -0.880. The number of nitrogens with one attached hydrogen (secondary N) is 1. The molecule has 3 aliphatic heterocycles. The van der Waals surface area contributed by atoms with E-state index in [1.807, 2.05) is 13.0 Å². The van der Waals surface area contributed by atoms with E-state index < -0.39 is 65.7 Å². The number of allylic oxidation sites excluding steroid dienone is 3. The van der Waals surface area contributed by atoms with Gasteiger partial charge in [0, 0.05) is 33.5 Å². The summed E-state index contributed by atoms with van der Waals surface area (Å²) >= 11 is 8.07. The molecule has 2 fully saturated rings. The van der Waals surface area contributed by atoms with E-state index in [1.54, 1.807) is 58.4 Å². The van der Waals surface area contributed by atoms with E-state index in [0.29, 0.717) is 17.9 Å². The number of carbonyl (C=O) groups excluding carboxylic acids is 4. The summed E-state index contributed by atoms with van der Waals surface area (Å²) in [5.74, 6) is -1.36. The monoisotopic (exact) mass is 737 g/mol. The molecule has 3 amide bonds. The van der Waals surface area contributed by atoms with Crippen molar-refractivity contribution in [2.75, 3.05) is 45.2 Å². The van der Waals surface area contributed by atoms with Gasteiger partial charge in [-0.15, -0.1) is 0 Å². The highest BCUT2D eigenvalue weighted by molar-refractivity contribution is 7.99. The summed E-state index contributed by atoms with van der Waals surface area (Å²) in [6, 6.07) is 2.63. The molecule has 0 unspecified atom stereocenters. The summed E-state index contributed by atoms with van der Waals surface area (Å²) in [6.07, 6.45) is 2.79. The van der Waals surface area contributed by atoms with Crippen molar-refractivity contribution in [2.24, 2.45) is 5.92 Å². The van der Waals surface area contributed by atoms with Crippen molar-refractivity contribution in [3.63, 3.8) is 0 Å². The van der Waals surface area contributed by atoms with Crippen LogP contribution in [0.3, 0.4) is 0 Å². The van der Waals surface area contributed by atoms with Crippen LogP contribution in [0.2, 0.25) is 5.02 Å². The molecule has 0 spiro atoms. The molecule has 2 saturated heterocycles. The van der Waals surface area contributed by atoms with Crippen molar-refractivity contribution in [2.45, 2.75) is 88.7 Å². The van der Waals surface area contributed by atoms with Gasteiger partial charge in [0.2, 0.25) is 11.8 Å². The lowest BCUT2D eigenvalue weighted by Crippen LogP contribution is -2.63. The zero-order valence-corrected chi connectivity index (χ0v) is 31.6. The minimum Gasteiger partial charge on any atom is -0.495 e. The fraction of sp³-hybridized carbons (Fsp3) is 0.600. The molecule has 0 aromatic heterocycles. The third-order valence-corrected chi connectivity index (χ3v) is 10.7. The summed E-state index contributed by atoms with van der Waals surface area (Å²) in [4.78, 5) is 55.7. The molecule has 13 nitrogen and oxygen atoms in total. The maximum atomic E-state index is 14.0. The number of rotatable bonds is 7. The Morgan fingerprint density at radius 3 is 2.62 bits per heavy atom. The summed E-state index contributed by atoms with van der Waals surface area (Å²) in [7, 11) is 6.01. The zero-order chi connectivity index (χ0) is 37.1. The van der Waals surface area contributed by atoms with E-state index in [2.05, 4.69) is 5.32 Å². The van der Waals surface area contributed by atoms with Crippen LogP contribution >= 0.6 is 23.4 Å². The second-order valence-electron chi connectivity index (χ2n) is 13.3. The first-order chi connectivity index (χ1) is 23.5.